The summed E-state index contributed by atoms with van der Waals surface area (Å²) in [6.45, 7) is 4.32. The number of ether oxygens (including phenoxy) is 2. The molecular weight excluding hydrogens is 362 g/mol. The van der Waals surface area contributed by atoms with Gasteiger partial charge in [-0.2, -0.15) is 0 Å². The Labute approximate surface area is 170 Å². The second kappa shape index (κ2) is 7.92. The summed E-state index contributed by atoms with van der Waals surface area (Å²) < 4.78 is 11.5. The standard InChI is InChI=1S/C25H23NO3/c1-3-28-24(27)25(2)16-21-22(26-25)15-14-20(19-12-8-5-9-13-19)23(21)29-17-18-10-6-4-7-11-18/h4-16H,3,17H2,1-2H3. The molecule has 146 valence electrons. The molecule has 0 radical (unpaired) electrons. The molecule has 4 rings (SSSR count). The number of carbonyl (C=O) groups excluding carboxylic acids is 1. The fraction of sp³-hybridized carbons (Fsp3) is 0.200. The summed E-state index contributed by atoms with van der Waals surface area (Å²) in [5.41, 5.74) is 2.06. The lowest BCUT2D eigenvalue weighted by Crippen LogP contribution is -2.31. The molecule has 4 nitrogen and oxygen atoms in total. The zero-order valence-corrected chi connectivity index (χ0v) is 16.6. The molecule has 0 amide bonds. The van der Waals surface area contributed by atoms with Gasteiger partial charge in [0.25, 0.3) is 0 Å². The van der Waals surface area contributed by atoms with Crippen LogP contribution in [0.3, 0.4) is 0 Å². The van der Waals surface area contributed by atoms with E-state index in [9.17, 15) is 4.79 Å². The first-order valence-corrected chi connectivity index (χ1v) is 9.76. The quantitative estimate of drug-likeness (QED) is 0.609. The molecule has 0 spiro atoms. The lowest BCUT2D eigenvalue weighted by Gasteiger charge is -2.15. The Kier molecular flexibility index (Phi) is 5.17. The van der Waals surface area contributed by atoms with Crippen LogP contribution in [-0.4, -0.2) is 18.1 Å². The maximum absolute atomic E-state index is 12.5. The Bertz CT molecular complexity index is 1140. The van der Waals surface area contributed by atoms with Crippen LogP contribution < -0.4 is 15.3 Å². The van der Waals surface area contributed by atoms with Gasteiger partial charge in [0.1, 0.15) is 12.4 Å². The van der Waals surface area contributed by atoms with Crippen molar-refractivity contribution >= 4 is 12.0 Å². The number of carbonyl (C=O) groups is 1. The monoisotopic (exact) mass is 385 g/mol. The topological polar surface area (TPSA) is 47.9 Å². The minimum Gasteiger partial charge on any atom is -0.488 e. The van der Waals surface area contributed by atoms with Gasteiger partial charge in [-0.15, -0.1) is 0 Å². The molecule has 29 heavy (non-hydrogen) atoms. The number of hydrogen-bond donors (Lipinski definition) is 0. The van der Waals surface area contributed by atoms with Gasteiger partial charge in [-0.1, -0.05) is 60.7 Å². The lowest BCUT2D eigenvalue weighted by atomic mass is 10.0. The van der Waals surface area contributed by atoms with Crippen molar-refractivity contribution in [2.75, 3.05) is 6.61 Å². The maximum Gasteiger partial charge on any atom is 0.337 e. The summed E-state index contributed by atoms with van der Waals surface area (Å²) >= 11 is 0. The summed E-state index contributed by atoms with van der Waals surface area (Å²) in [5.74, 6) is 0.376. The highest BCUT2D eigenvalue weighted by Gasteiger charge is 2.35. The predicted octanol–water partition coefficient (Wildman–Crippen LogP) is 3.67. The highest BCUT2D eigenvalue weighted by atomic mass is 16.5. The minimum atomic E-state index is -1.04. The molecule has 0 fully saturated rings. The van der Waals surface area contributed by atoms with Gasteiger partial charge < -0.3 is 9.47 Å². The third-order valence-electron chi connectivity index (χ3n) is 4.95. The Balaban J connectivity index is 1.82. The van der Waals surface area contributed by atoms with Crippen molar-refractivity contribution in [1.29, 1.82) is 0 Å². The predicted molar refractivity (Wildman–Crippen MR) is 113 cm³/mol. The normalized spacial score (nSPS) is 17.0. The van der Waals surface area contributed by atoms with E-state index in [0.717, 1.165) is 33.0 Å². The minimum absolute atomic E-state index is 0.320. The number of fused-ring (bicyclic) bond motifs is 1. The average molecular weight is 385 g/mol. The Morgan fingerprint density at radius 1 is 0.966 bits per heavy atom. The number of rotatable bonds is 6. The van der Waals surface area contributed by atoms with E-state index >= 15 is 0 Å². The van der Waals surface area contributed by atoms with Crippen molar-refractivity contribution in [1.82, 2.24) is 0 Å². The van der Waals surface area contributed by atoms with Crippen LogP contribution in [0.5, 0.6) is 5.75 Å². The van der Waals surface area contributed by atoms with Gasteiger partial charge in [0.05, 0.1) is 12.0 Å². The van der Waals surface area contributed by atoms with Crippen LogP contribution >= 0.6 is 0 Å². The highest BCUT2D eigenvalue weighted by molar-refractivity contribution is 5.90. The van der Waals surface area contributed by atoms with E-state index in [0.29, 0.717) is 13.2 Å². The van der Waals surface area contributed by atoms with Gasteiger partial charge in [0, 0.05) is 10.8 Å². The highest BCUT2D eigenvalue weighted by Crippen LogP contribution is 2.28. The fourth-order valence-corrected chi connectivity index (χ4v) is 3.50. The van der Waals surface area contributed by atoms with Crippen molar-refractivity contribution in [3.8, 4) is 16.9 Å². The van der Waals surface area contributed by atoms with Crippen LogP contribution in [0.25, 0.3) is 17.2 Å². The third-order valence-corrected chi connectivity index (χ3v) is 4.95. The number of nitrogens with zero attached hydrogens (tertiary/aromatic N) is 1. The fourth-order valence-electron chi connectivity index (χ4n) is 3.50. The van der Waals surface area contributed by atoms with Crippen LogP contribution in [0.4, 0.5) is 0 Å². The summed E-state index contributed by atoms with van der Waals surface area (Å²) in [7, 11) is 0. The first-order valence-electron chi connectivity index (χ1n) is 9.76. The average Bonchev–Trinajstić information content (AvgIpc) is 3.11. The van der Waals surface area contributed by atoms with Gasteiger partial charge in [-0.3, -0.25) is 4.99 Å². The number of hydrogen-bond acceptors (Lipinski definition) is 4. The zero-order valence-electron chi connectivity index (χ0n) is 16.6. The molecule has 1 aliphatic heterocycles. The molecule has 1 aliphatic rings. The molecule has 0 bridgehead atoms. The van der Waals surface area contributed by atoms with Gasteiger partial charge in [-0.25, -0.2) is 4.79 Å². The first kappa shape index (κ1) is 18.9. The lowest BCUT2D eigenvalue weighted by molar-refractivity contribution is -0.146. The molecule has 3 aromatic carbocycles. The Morgan fingerprint density at radius 2 is 1.66 bits per heavy atom. The Hall–Kier alpha value is -3.40. The van der Waals surface area contributed by atoms with Gasteiger partial charge >= 0.3 is 5.97 Å². The molecule has 0 saturated heterocycles. The molecule has 0 N–H and O–H groups in total. The SMILES string of the molecule is CCOC(=O)C1(C)C=c2c(OCc3ccccc3)c(-c3ccccc3)ccc2=N1. The van der Waals surface area contributed by atoms with E-state index in [4.69, 9.17) is 9.47 Å². The summed E-state index contributed by atoms with van der Waals surface area (Å²) in [6, 6.07) is 24.1. The number of benzene rings is 3. The molecule has 0 aliphatic carbocycles. The van der Waals surface area contributed by atoms with E-state index in [1.54, 1.807) is 13.8 Å². The molecule has 0 saturated carbocycles. The first-order chi connectivity index (χ1) is 14.1. The molecule has 4 heteroatoms. The van der Waals surface area contributed by atoms with E-state index in [1.165, 1.54) is 0 Å². The van der Waals surface area contributed by atoms with Gasteiger partial charge in [0.15, 0.2) is 5.54 Å². The summed E-state index contributed by atoms with van der Waals surface area (Å²) in [4.78, 5) is 17.1. The molecule has 3 aromatic rings. The van der Waals surface area contributed by atoms with Crippen molar-refractivity contribution < 1.29 is 14.3 Å². The summed E-state index contributed by atoms with van der Waals surface area (Å²) in [6.07, 6.45) is 1.85. The van der Waals surface area contributed by atoms with Gasteiger partial charge in [-0.05, 0) is 43.2 Å². The molecule has 1 heterocycles. The molecular formula is C25H23NO3. The van der Waals surface area contributed by atoms with E-state index in [1.807, 2.05) is 78.9 Å². The largest absolute Gasteiger partial charge is 0.488 e. The molecule has 1 atom stereocenters. The van der Waals surface area contributed by atoms with Gasteiger partial charge in [0.2, 0.25) is 0 Å². The molecule has 0 aromatic heterocycles. The smallest absolute Gasteiger partial charge is 0.337 e. The van der Waals surface area contributed by atoms with E-state index < -0.39 is 5.54 Å². The molecule has 1 unspecified atom stereocenters. The number of esters is 1. The van der Waals surface area contributed by atoms with Crippen LogP contribution in [0, 0.1) is 0 Å². The van der Waals surface area contributed by atoms with Crippen LogP contribution in [-0.2, 0) is 16.1 Å². The van der Waals surface area contributed by atoms with Crippen LogP contribution in [0.15, 0.2) is 77.8 Å². The summed E-state index contributed by atoms with van der Waals surface area (Å²) in [5, 5.41) is 1.57. The van der Waals surface area contributed by atoms with Crippen molar-refractivity contribution in [2.45, 2.75) is 26.0 Å². The second-order valence-corrected chi connectivity index (χ2v) is 7.14. The second-order valence-electron chi connectivity index (χ2n) is 7.14. The zero-order chi connectivity index (χ0) is 20.3. The maximum atomic E-state index is 12.5. The van der Waals surface area contributed by atoms with Crippen molar-refractivity contribution in [3.63, 3.8) is 0 Å². The van der Waals surface area contributed by atoms with Crippen LogP contribution in [0.1, 0.15) is 19.4 Å². The Morgan fingerprint density at radius 3 is 2.34 bits per heavy atom. The third kappa shape index (κ3) is 3.79. The van der Waals surface area contributed by atoms with E-state index in [-0.39, 0.29) is 5.97 Å². The van der Waals surface area contributed by atoms with Crippen LogP contribution in [0.2, 0.25) is 0 Å². The van der Waals surface area contributed by atoms with E-state index in [2.05, 4.69) is 4.99 Å². The van der Waals surface area contributed by atoms with Crippen molar-refractivity contribution in [3.05, 3.63) is 88.9 Å². The van der Waals surface area contributed by atoms with Crippen molar-refractivity contribution in [2.24, 2.45) is 4.99 Å².